The van der Waals surface area contributed by atoms with E-state index >= 15 is 0 Å². The number of benzene rings is 5. The van der Waals surface area contributed by atoms with E-state index in [4.69, 9.17) is 0 Å². The van der Waals surface area contributed by atoms with Gasteiger partial charge in [-0.1, -0.05) is 24.3 Å². The largest absolute Gasteiger partial charge is 0.244 e. The maximum atomic E-state index is 2.40. The van der Waals surface area contributed by atoms with Crippen molar-refractivity contribution in [2.24, 2.45) is 0 Å². The fourth-order valence-electron chi connectivity index (χ4n) is 5.51. The first-order chi connectivity index (χ1) is 18.7. The maximum Gasteiger partial charge on any atom is 0.244 e. The summed E-state index contributed by atoms with van der Waals surface area (Å²) in [6.45, 7) is 0. The van der Waals surface area contributed by atoms with Gasteiger partial charge in [-0.2, -0.15) is 0 Å². The number of hydrogen-bond donors (Lipinski definition) is 0. The molecule has 0 saturated heterocycles. The van der Waals surface area contributed by atoms with Gasteiger partial charge in [0.05, 0.1) is 6.07 Å². The fraction of sp³-hybridized carbons (Fsp3) is 0. The lowest BCUT2D eigenvalue weighted by atomic mass is 10.1. The summed E-state index contributed by atoms with van der Waals surface area (Å²) in [6, 6.07) is 41.1. The van der Waals surface area contributed by atoms with Gasteiger partial charge in [0.2, 0.25) is 82.9 Å². The molecule has 0 radical (unpaired) electrons. The predicted octanol–water partition coefficient (Wildman–Crippen LogP) is 12.3. The van der Waals surface area contributed by atoms with Crippen molar-refractivity contribution < 1.29 is 0 Å². The normalized spacial score (nSPS) is 12.2. The van der Waals surface area contributed by atoms with Gasteiger partial charge >= 0.3 is 0 Å². The Morgan fingerprint density at radius 1 is 0.237 bits per heavy atom. The lowest BCUT2D eigenvalue weighted by molar-refractivity contribution is 1.84. The highest BCUT2D eigenvalue weighted by Crippen LogP contribution is 2.40. The van der Waals surface area contributed by atoms with E-state index in [2.05, 4.69) is 109 Å². The second-order valence-electron chi connectivity index (χ2n) is 9.84. The molecule has 0 aliphatic rings. The second-order valence-corrected chi connectivity index (χ2v) is 14.2. The first-order valence-corrected chi connectivity index (χ1v) is 15.8. The molecule has 9 aromatic rings. The summed E-state index contributed by atoms with van der Waals surface area (Å²) >= 11 is 7.59. The Kier molecular flexibility index (Phi) is 4.49. The van der Waals surface area contributed by atoms with Crippen molar-refractivity contribution >= 4 is 126 Å². The summed E-state index contributed by atoms with van der Waals surface area (Å²) in [5.41, 5.74) is 0. The van der Waals surface area contributed by atoms with E-state index in [1.807, 2.05) is 45.3 Å². The molecule has 0 aliphatic carbocycles. The Hall–Kier alpha value is -3.54. The van der Waals surface area contributed by atoms with Crippen molar-refractivity contribution in [3.63, 3.8) is 0 Å². The third-order valence-electron chi connectivity index (χ3n) is 7.39. The zero-order valence-electron chi connectivity index (χ0n) is 20.0. The van der Waals surface area contributed by atoms with Gasteiger partial charge in [0.15, 0.2) is 0 Å². The molecule has 174 valence electrons. The van der Waals surface area contributed by atoms with E-state index < -0.39 is 0 Å². The van der Waals surface area contributed by atoms with Crippen molar-refractivity contribution in [1.29, 1.82) is 0 Å². The zero-order valence-corrected chi connectivity index (χ0v) is 23.3. The zero-order chi connectivity index (χ0) is 24.8. The van der Waals surface area contributed by atoms with Gasteiger partial charge in [-0.25, -0.2) is 0 Å². The molecule has 4 heterocycles. The van der Waals surface area contributed by atoms with Crippen LogP contribution in [0.25, 0.3) is 80.7 Å². The van der Waals surface area contributed by atoms with E-state index in [1.165, 1.54) is 80.7 Å². The minimum Gasteiger partial charge on any atom is -0.0613 e. The Bertz CT molecular complexity index is 2120. The van der Waals surface area contributed by atoms with Crippen LogP contribution in [0.2, 0.25) is 0 Å². The Morgan fingerprint density at radius 3 is 0.947 bits per heavy atom. The van der Waals surface area contributed by atoms with E-state index in [9.17, 15) is 0 Å². The molecule has 0 amide bonds. The highest BCUT2D eigenvalue weighted by Gasteiger charge is 2.22. The molecule has 0 bridgehead atoms. The molecule has 5 aromatic carbocycles. The monoisotopic (exact) mass is 554 g/mol. The highest BCUT2D eigenvalue weighted by atomic mass is 32.1. The van der Waals surface area contributed by atoms with Gasteiger partial charge < -0.3 is 0 Å². The van der Waals surface area contributed by atoms with Gasteiger partial charge in [-0.05, 0) is 42.5 Å². The standard InChI is InChI=1S/C34H18S4/c1-3-7-27-19(5-1)9-23-14-31-25(16-29(23)35-27)12-21-11-22-13-26-17-30-24(10-20-6-2-4-8-28(20)36-30)15-32(26)38-34(22)18-33(21)37-31/h1-18H/q+4. The van der Waals surface area contributed by atoms with Gasteiger partial charge in [0.1, 0.15) is 0 Å². The summed E-state index contributed by atoms with van der Waals surface area (Å²) in [5, 5.41) is 10.6. The minimum absolute atomic E-state index is 1.32. The van der Waals surface area contributed by atoms with Crippen LogP contribution >= 0.6 is 45.3 Å². The first-order valence-electron chi connectivity index (χ1n) is 12.6. The third-order valence-corrected chi connectivity index (χ3v) is 12.0. The van der Waals surface area contributed by atoms with Crippen molar-refractivity contribution in [3.05, 3.63) is 109 Å². The Morgan fingerprint density at radius 2 is 0.526 bits per heavy atom. The first kappa shape index (κ1) is 21.4. The Balaban J connectivity index is 1.28. The summed E-state index contributed by atoms with van der Waals surface area (Å²) in [6.07, 6.45) is 0. The van der Waals surface area contributed by atoms with E-state index in [0.29, 0.717) is 0 Å². The van der Waals surface area contributed by atoms with Crippen molar-refractivity contribution in [2.45, 2.75) is 0 Å². The van der Waals surface area contributed by atoms with Crippen LogP contribution in [0.15, 0.2) is 109 Å². The molecule has 0 aliphatic heterocycles. The summed E-state index contributed by atoms with van der Waals surface area (Å²) < 4.78 is 10.7. The van der Waals surface area contributed by atoms with Crippen LogP contribution < -0.4 is 0 Å². The average molecular weight is 555 g/mol. The number of rotatable bonds is 0. The van der Waals surface area contributed by atoms with E-state index in [0.717, 1.165) is 0 Å². The van der Waals surface area contributed by atoms with Crippen LogP contribution in [-0.4, -0.2) is 0 Å². The quantitative estimate of drug-likeness (QED) is 0.129. The maximum absolute atomic E-state index is 2.40. The smallest absolute Gasteiger partial charge is 0.0613 e. The molecule has 0 fully saturated rings. The Labute approximate surface area is 233 Å². The topological polar surface area (TPSA) is 0 Å². The second kappa shape index (κ2) is 7.98. The lowest BCUT2D eigenvalue weighted by Crippen LogP contribution is -1.79. The number of fused-ring (bicyclic) bond motifs is 8. The average Bonchev–Trinajstić information content (AvgIpc) is 2.93. The molecule has 0 unspecified atom stereocenters. The molecule has 4 aromatic heterocycles. The molecular formula is C34H18S4+4. The molecule has 0 nitrogen and oxygen atoms in total. The van der Waals surface area contributed by atoms with Crippen LogP contribution in [0.5, 0.6) is 0 Å². The van der Waals surface area contributed by atoms with Gasteiger partial charge in [-0.3, -0.25) is 0 Å². The fourth-order valence-corrected chi connectivity index (χ4v) is 9.83. The van der Waals surface area contributed by atoms with Gasteiger partial charge in [-0.15, -0.1) is 0 Å². The molecule has 0 saturated carbocycles. The van der Waals surface area contributed by atoms with Crippen LogP contribution in [-0.2, 0) is 0 Å². The van der Waals surface area contributed by atoms with E-state index in [-0.39, 0.29) is 0 Å². The van der Waals surface area contributed by atoms with Crippen molar-refractivity contribution in [2.75, 3.05) is 0 Å². The van der Waals surface area contributed by atoms with Crippen LogP contribution in [0.4, 0.5) is 0 Å². The summed E-state index contributed by atoms with van der Waals surface area (Å²) in [7, 11) is 0. The van der Waals surface area contributed by atoms with Crippen molar-refractivity contribution in [1.82, 2.24) is 0 Å². The van der Waals surface area contributed by atoms with Crippen LogP contribution in [0.3, 0.4) is 0 Å². The van der Waals surface area contributed by atoms with Gasteiger partial charge in [0.25, 0.3) is 0 Å². The third kappa shape index (κ3) is 3.31. The predicted molar refractivity (Wildman–Crippen MR) is 176 cm³/mol. The number of hydrogen-bond acceptors (Lipinski definition) is 0. The molecular weight excluding hydrogens is 537 g/mol. The minimum atomic E-state index is 1.32. The molecule has 9 rings (SSSR count). The molecule has 0 atom stereocenters. The molecule has 0 N–H and O–H groups in total. The van der Waals surface area contributed by atoms with Gasteiger partial charge in [0, 0.05) is 79.5 Å². The highest BCUT2D eigenvalue weighted by molar-refractivity contribution is 7.27. The molecule has 38 heavy (non-hydrogen) atoms. The lowest BCUT2D eigenvalue weighted by Gasteiger charge is -1.97. The van der Waals surface area contributed by atoms with Crippen LogP contribution in [0, 0.1) is 0 Å². The molecule has 0 spiro atoms. The van der Waals surface area contributed by atoms with E-state index in [1.54, 1.807) is 0 Å². The summed E-state index contributed by atoms with van der Waals surface area (Å²) in [4.78, 5) is 0. The molecule has 4 heteroatoms. The van der Waals surface area contributed by atoms with Crippen molar-refractivity contribution in [3.8, 4) is 0 Å². The summed E-state index contributed by atoms with van der Waals surface area (Å²) in [5.74, 6) is 0. The SMILES string of the molecule is c1ccc2[s+]c3cc4cc5cc6cc7cc8[s+]c9ccccc9cc8cc7[s+]c6cc5[s+]c4cc3cc2c1. The van der Waals surface area contributed by atoms with Crippen LogP contribution in [0.1, 0.15) is 0 Å².